The molecule has 1 aromatic heterocycles. The van der Waals surface area contributed by atoms with Crippen molar-refractivity contribution in [1.82, 2.24) is 9.78 Å². The maximum absolute atomic E-state index is 12.6. The molecule has 2 aromatic carbocycles. The number of hydrogen-bond donors (Lipinski definition) is 0. The molecule has 124 valence electrons. The fourth-order valence-corrected chi connectivity index (χ4v) is 3.33. The van der Waals surface area contributed by atoms with Gasteiger partial charge in [-0.1, -0.05) is 42.5 Å². The van der Waals surface area contributed by atoms with Crippen molar-refractivity contribution in [3.63, 3.8) is 0 Å². The number of ether oxygens (including phenoxy) is 1. The van der Waals surface area contributed by atoms with Crippen molar-refractivity contribution in [3.8, 4) is 16.9 Å². The Hall–Kier alpha value is -3.14. The molecule has 0 unspecified atom stereocenters. The van der Waals surface area contributed by atoms with Crippen molar-refractivity contribution in [2.24, 2.45) is 0 Å². The van der Waals surface area contributed by atoms with Crippen LogP contribution in [0.4, 0.5) is 0 Å². The van der Waals surface area contributed by atoms with Gasteiger partial charge in [0.25, 0.3) is 5.91 Å². The smallest absolute Gasteiger partial charge is 0.271 e. The van der Waals surface area contributed by atoms with E-state index in [0.717, 1.165) is 39.4 Å². The van der Waals surface area contributed by atoms with E-state index in [1.807, 2.05) is 49.4 Å². The van der Waals surface area contributed by atoms with Crippen LogP contribution in [0.25, 0.3) is 16.7 Å². The minimum Gasteiger partial charge on any atom is -0.497 e. The van der Waals surface area contributed by atoms with Crippen LogP contribution in [0, 0.1) is 6.92 Å². The maximum Gasteiger partial charge on any atom is 0.271 e. The van der Waals surface area contributed by atoms with E-state index in [2.05, 4.69) is 17.2 Å². The normalized spacial score (nSPS) is 13.4. The van der Waals surface area contributed by atoms with E-state index in [-0.39, 0.29) is 5.91 Å². The van der Waals surface area contributed by atoms with E-state index in [0.29, 0.717) is 6.42 Å². The van der Waals surface area contributed by atoms with Crippen LogP contribution < -0.4 is 4.74 Å². The Morgan fingerprint density at radius 3 is 2.40 bits per heavy atom. The zero-order chi connectivity index (χ0) is 17.4. The molecule has 25 heavy (non-hydrogen) atoms. The standard InChI is InChI=1S/C21H18N2O2/c1-14-21(16-6-4-3-5-7-16)19-12-17(13-20(24)23(19)22-14)15-8-10-18(25-2)11-9-15/h3-11,13H,12H2,1-2H3. The van der Waals surface area contributed by atoms with Crippen LogP contribution in [0.3, 0.4) is 0 Å². The van der Waals surface area contributed by atoms with Crippen LogP contribution in [0.15, 0.2) is 60.7 Å². The summed E-state index contributed by atoms with van der Waals surface area (Å²) in [6.07, 6.45) is 2.35. The quantitative estimate of drug-likeness (QED) is 0.725. The number of fused-ring (bicyclic) bond motifs is 1. The number of aryl methyl sites for hydroxylation is 1. The van der Waals surface area contributed by atoms with Gasteiger partial charge >= 0.3 is 0 Å². The van der Waals surface area contributed by atoms with Crippen LogP contribution in [0.2, 0.25) is 0 Å². The van der Waals surface area contributed by atoms with E-state index in [1.165, 1.54) is 4.68 Å². The second-order valence-corrected chi connectivity index (χ2v) is 6.10. The Kier molecular flexibility index (Phi) is 3.73. The third-order valence-electron chi connectivity index (χ3n) is 4.54. The number of benzene rings is 2. The summed E-state index contributed by atoms with van der Waals surface area (Å²) in [6, 6.07) is 17.9. The molecule has 0 atom stereocenters. The average Bonchev–Trinajstić information content (AvgIpc) is 2.99. The molecule has 0 radical (unpaired) electrons. The SMILES string of the molecule is COc1ccc(C2=CC(=O)n3nc(C)c(-c4ccccc4)c3C2)cc1. The first-order chi connectivity index (χ1) is 12.2. The average molecular weight is 330 g/mol. The van der Waals surface area contributed by atoms with Crippen LogP contribution in [0.5, 0.6) is 5.75 Å². The van der Waals surface area contributed by atoms with Crippen LogP contribution in [-0.2, 0) is 6.42 Å². The number of allylic oxidation sites excluding steroid dienone is 2. The minimum atomic E-state index is -0.0997. The predicted octanol–water partition coefficient (Wildman–Crippen LogP) is 4.15. The molecular weight excluding hydrogens is 312 g/mol. The fraction of sp³-hybridized carbons (Fsp3) is 0.143. The second-order valence-electron chi connectivity index (χ2n) is 6.10. The number of rotatable bonds is 3. The number of hydrogen-bond acceptors (Lipinski definition) is 3. The van der Waals surface area contributed by atoms with Crippen LogP contribution in [-0.4, -0.2) is 22.8 Å². The van der Waals surface area contributed by atoms with Crippen molar-refractivity contribution >= 4 is 11.5 Å². The highest BCUT2D eigenvalue weighted by Crippen LogP contribution is 2.34. The van der Waals surface area contributed by atoms with Crippen molar-refractivity contribution in [3.05, 3.63) is 77.6 Å². The second kappa shape index (κ2) is 6.06. The molecule has 4 nitrogen and oxygen atoms in total. The molecule has 0 bridgehead atoms. The Labute approximate surface area is 146 Å². The molecular formula is C21H18N2O2. The fourth-order valence-electron chi connectivity index (χ4n) is 3.33. The highest BCUT2D eigenvalue weighted by molar-refractivity contribution is 6.00. The van der Waals surface area contributed by atoms with Gasteiger partial charge in [0.05, 0.1) is 18.5 Å². The van der Waals surface area contributed by atoms with E-state index in [4.69, 9.17) is 4.74 Å². The van der Waals surface area contributed by atoms with Gasteiger partial charge in [-0.25, -0.2) is 4.68 Å². The summed E-state index contributed by atoms with van der Waals surface area (Å²) in [4.78, 5) is 12.6. The minimum absolute atomic E-state index is 0.0997. The van der Waals surface area contributed by atoms with Gasteiger partial charge in [0.15, 0.2) is 0 Å². The summed E-state index contributed by atoms with van der Waals surface area (Å²) in [6.45, 7) is 1.95. The van der Waals surface area contributed by atoms with Gasteiger partial charge in [0.1, 0.15) is 5.75 Å². The molecule has 1 aliphatic rings. The van der Waals surface area contributed by atoms with Gasteiger partial charge in [-0.05, 0) is 35.8 Å². The number of methoxy groups -OCH3 is 1. The number of nitrogens with zero attached hydrogens (tertiary/aromatic N) is 2. The molecule has 0 fully saturated rings. The summed E-state index contributed by atoms with van der Waals surface area (Å²) in [5.41, 5.74) is 5.98. The van der Waals surface area contributed by atoms with E-state index >= 15 is 0 Å². The Balaban J connectivity index is 1.78. The van der Waals surface area contributed by atoms with Gasteiger partial charge in [-0.2, -0.15) is 5.10 Å². The van der Waals surface area contributed by atoms with Gasteiger partial charge in [0.2, 0.25) is 0 Å². The van der Waals surface area contributed by atoms with Gasteiger partial charge in [0, 0.05) is 18.1 Å². The summed E-state index contributed by atoms with van der Waals surface area (Å²) >= 11 is 0. The van der Waals surface area contributed by atoms with Crippen molar-refractivity contribution in [2.45, 2.75) is 13.3 Å². The van der Waals surface area contributed by atoms with Crippen molar-refractivity contribution in [2.75, 3.05) is 7.11 Å². The molecule has 0 saturated carbocycles. The first-order valence-corrected chi connectivity index (χ1v) is 8.20. The molecule has 0 aliphatic carbocycles. The Morgan fingerprint density at radius 1 is 1.00 bits per heavy atom. The molecule has 4 rings (SSSR count). The summed E-state index contributed by atoms with van der Waals surface area (Å²) in [5.74, 6) is 0.703. The molecule has 3 aromatic rings. The molecule has 1 aliphatic heterocycles. The first-order valence-electron chi connectivity index (χ1n) is 8.20. The molecule has 4 heteroatoms. The lowest BCUT2D eigenvalue weighted by Crippen LogP contribution is -2.19. The van der Waals surface area contributed by atoms with E-state index in [9.17, 15) is 4.79 Å². The lowest BCUT2D eigenvalue weighted by molar-refractivity contribution is 0.0948. The number of aromatic nitrogens is 2. The third-order valence-corrected chi connectivity index (χ3v) is 4.54. The highest BCUT2D eigenvalue weighted by Gasteiger charge is 2.25. The number of carbonyl (C=O) groups excluding carboxylic acids is 1. The zero-order valence-corrected chi connectivity index (χ0v) is 14.2. The van der Waals surface area contributed by atoms with Crippen molar-refractivity contribution < 1.29 is 9.53 Å². The lowest BCUT2D eigenvalue weighted by Gasteiger charge is -2.16. The van der Waals surface area contributed by atoms with E-state index in [1.54, 1.807) is 13.2 Å². The Bertz CT molecular complexity index is 967. The maximum atomic E-state index is 12.6. The summed E-state index contributed by atoms with van der Waals surface area (Å²) in [5, 5.41) is 4.47. The largest absolute Gasteiger partial charge is 0.497 e. The summed E-state index contributed by atoms with van der Waals surface area (Å²) < 4.78 is 6.75. The van der Waals surface area contributed by atoms with Crippen LogP contribution in [0.1, 0.15) is 21.7 Å². The van der Waals surface area contributed by atoms with Gasteiger partial charge < -0.3 is 4.74 Å². The molecule has 0 amide bonds. The first kappa shape index (κ1) is 15.4. The molecule has 0 N–H and O–H groups in total. The third kappa shape index (κ3) is 2.66. The molecule has 0 spiro atoms. The monoisotopic (exact) mass is 330 g/mol. The molecule has 0 saturated heterocycles. The highest BCUT2D eigenvalue weighted by atomic mass is 16.5. The topological polar surface area (TPSA) is 44.1 Å². The van der Waals surface area contributed by atoms with Gasteiger partial charge in [-0.3, -0.25) is 4.79 Å². The van der Waals surface area contributed by atoms with Crippen LogP contribution >= 0.6 is 0 Å². The van der Waals surface area contributed by atoms with Crippen molar-refractivity contribution in [1.29, 1.82) is 0 Å². The predicted molar refractivity (Wildman–Crippen MR) is 97.7 cm³/mol. The number of carbonyl (C=O) groups is 1. The summed E-state index contributed by atoms with van der Waals surface area (Å²) in [7, 11) is 1.64. The van der Waals surface area contributed by atoms with E-state index < -0.39 is 0 Å². The zero-order valence-electron chi connectivity index (χ0n) is 14.2. The lowest BCUT2D eigenvalue weighted by atomic mass is 9.93. The van der Waals surface area contributed by atoms with Gasteiger partial charge in [-0.15, -0.1) is 0 Å². The Morgan fingerprint density at radius 2 is 1.72 bits per heavy atom. The molecule has 2 heterocycles.